The summed E-state index contributed by atoms with van der Waals surface area (Å²) in [7, 11) is -2.89. The SMILES string of the molecule is CC(C)(C)CN(C(=O)C1CC12CCS(=O)(=O)CC2)c1ccccc1. The van der Waals surface area contributed by atoms with Gasteiger partial charge in [0.25, 0.3) is 0 Å². The molecule has 1 atom stereocenters. The number of amides is 1. The molecule has 0 radical (unpaired) electrons. The van der Waals surface area contributed by atoms with E-state index in [1.165, 1.54) is 0 Å². The third-order valence-corrected chi connectivity index (χ3v) is 6.93. The van der Waals surface area contributed by atoms with Crippen LogP contribution in [0.15, 0.2) is 30.3 Å². The zero-order chi connectivity index (χ0) is 17.6. The Balaban J connectivity index is 1.78. The maximum atomic E-state index is 13.2. The Morgan fingerprint density at radius 1 is 1.17 bits per heavy atom. The first kappa shape index (κ1) is 17.5. The standard InChI is InChI=1S/C19H27NO3S/c1-18(2,3)14-20(15-7-5-4-6-8-15)17(21)16-13-19(16)9-11-24(22,23)12-10-19/h4-8,16H,9-14H2,1-3H3. The van der Waals surface area contributed by atoms with Gasteiger partial charge in [-0.1, -0.05) is 39.0 Å². The molecule has 0 bridgehead atoms. The molecule has 1 amide bonds. The van der Waals surface area contributed by atoms with Crippen LogP contribution in [0.3, 0.4) is 0 Å². The van der Waals surface area contributed by atoms with Crippen molar-refractivity contribution < 1.29 is 13.2 Å². The zero-order valence-corrected chi connectivity index (χ0v) is 15.6. The Morgan fingerprint density at radius 3 is 2.29 bits per heavy atom. The molecule has 2 aliphatic rings. The predicted octanol–water partition coefficient (Wildman–Crippen LogP) is 3.28. The van der Waals surface area contributed by atoms with Gasteiger partial charge in [0.05, 0.1) is 11.5 Å². The summed E-state index contributed by atoms with van der Waals surface area (Å²) in [4.78, 5) is 15.1. The zero-order valence-electron chi connectivity index (χ0n) is 14.8. The van der Waals surface area contributed by atoms with Crippen molar-refractivity contribution in [3.05, 3.63) is 30.3 Å². The van der Waals surface area contributed by atoms with Gasteiger partial charge in [-0.2, -0.15) is 0 Å². The van der Waals surface area contributed by atoms with Gasteiger partial charge in [-0.3, -0.25) is 4.79 Å². The third-order valence-electron chi connectivity index (χ3n) is 5.28. The fourth-order valence-corrected chi connectivity index (χ4v) is 5.40. The highest BCUT2D eigenvalue weighted by Crippen LogP contribution is 2.60. The molecule has 3 rings (SSSR count). The molecule has 1 spiro atoms. The summed E-state index contributed by atoms with van der Waals surface area (Å²) in [5.41, 5.74) is 0.874. The molecule has 1 aliphatic carbocycles. The topological polar surface area (TPSA) is 54.5 Å². The Hall–Kier alpha value is -1.36. The summed E-state index contributed by atoms with van der Waals surface area (Å²) in [6, 6.07) is 9.81. The summed E-state index contributed by atoms with van der Waals surface area (Å²) in [6.07, 6.45) is 2.13. The predicted molar refractivity (Wildman–Crippen MR) is 96.7 cm³/mol. The number of benzene rings is 1. The van der Waals surface area contributed by atoms with E-state index >= 15 is 0 Å². The van der Waals surface area contributed by atoms with Gasteiger partial charge >= 0.3 is 0 Å². The molecule has 0 aromatic heterocycles. The fourth-order valence-electron chi connectivity index (χ4n) is 3.76. The highest BCUT2D eigenvalue weighted by atomic mass is 32.2. The molecule has 1 aliphatic heterocycles. The molecule has 24 heavy (non-hydrogen) atoms. The molecule has 5 heteroatoms. The average molecular weight is 349 g/mol. The Labute approximate surface area is 145 Å². The lowest BCUT2D eigenvalue weighted by Crippen LogP contribution is -2.40. The number of hydrogen-bond donors (Lipinski definition) is 0. The number of anilines is 1. The maximum Gasteiger partial charge on any atom is 0.230 e. The molecule has 132 valence electrons. The Bertz CT molecular complexity index is 705. The van der Waals surface area contributed by atoms with E-state index in [9.17, 15) is 13.2 Å². The van der Waals surface area contributed by atoms with Crippen LogP contribution in [0, 0.1) is 16.7 Å². The Kier molecular flexibility index (Phi) is 4.27. The number of hydrogen-bond acceptors (Lipinski definition) is 3. The quantitative estimate of drug-likeness (QED) is 0.841. The van der Waals surface area contributed by atoms with Gasteiger partial charge in [0.2, 0.25) is 5.91 Å². The molecule has 0 N–H and O–H groups in total. The first-order valence-electron chi connectivity index (χ1n) is 8.69. The summed E-state index contributed by atoms with van der Waals surface area (Å²) in [5.74, 6) is 0.619. The average Bonchev–Trinajstić information content (AvgIpc) is 3.22. The second-order valence-electron chi connectivity index (χ2n) is 8.59. The summed E-state index contributed by atoms with van der Waals surface area (Å²) < 4.78 is 23.4. The third kappa shape index (κ3) is 3.66. The van der Waals surface area contributed by atoms with Crippen LogP contribution in [0.1, 0.15) is 40.0 Å². The summed E-state index contributed by atoms with van der Waals surface area (Å²) >= 11 is 0. The van der Waals surface area contributed by atoms with Crippen LogP contribution in [-0.2, 0) is 14.6 Å². The van der Waals surface area contributed by atoms with Crippen LogP contribution < -0.4 is 4.90 Å². The fraction of sp³-hybridized carbons (Fsp3) is 0.632. The second-order valence-corrected chi connectivity index (χ2v) is 10.9. The lowest BCUT2D eigenvalue weighted by Gasteiger charge is -2.31. The first-order chi connectivity index (χ1) is 11.1. The van der Waals surface area contributed by atoms with Gasteiger partial charge in [-0.05, 0) is 42.2 Å². The largest absolute Gasteiger partial charge is 0.312 e. The minimum atomic E-state index is -2.89. The molecule has 1 unspecified atom stereocenters. The van der Waals surface area contributed by atoms with E-state index in [0.717, 1.165) is 12.1 Å². The first-order valence-corrected chi connectivity index (χ1v) is 10.5. The highest BCUT2D eigenvalue weighted by Gasteiger charge is 2.60. The van der Waals surface area contributed by atoms with Crippen molar-refractivity contribution in [2.24, 2.45) is 16.7 Å². The monoisotopic (exact) mass is 349 g/mol. The summed E-state index contributed by atoms with van der Waals surface area (Å²) in [5, 5.41) is 0. The molecule has 1 saturated heterocycles. The minimum absolute atomic E-state index is 0.00343. The van der Waals surface area contributed by atoms with Gasteiger partial charge in [0.15, 0.2) is 0 Å². The molecule has 1 heterocycles. The van der Waals surface area contributed by atoms with Crippen LogP contribution in [-0.4, -0.2) is 32.4 Å². The molecule has 4 nitrogen and oxygen atoms in total. The van der Waals surface area contributed by atoms with Gasteiger partial charge in [0.1, 0.15) is 9.84 Å². The number of rotatable bonds is 3. The number of para-hydroxylation sites is 1. The van der Waals surface area contributed by atoms with Gasteiger partial charge in [-0.25, -0.2) is 8.42 Å². The van der Waals surface area contributed by atoms with Crippen molar-refractivity contribution >= 4 is 21.4 Å². The normalized spacial score (nSPS) is 24.5. The lowest BCUT2D eigenvalue weighted by molar-refractivity contribution is -0.121. The minimum Gasteiger partial charge on any atom is -0.312 e. The van der Waals surface area contributed by atoms with E-state index in [4.69, 9.17) is 0 Å². The number of carbonyl (C=O) groups excluding carboxylic acids is 1. The van der Waals surface area contributed by atoms with Crippen molar-refractivity contribution in [2.75, 3.05) is 23.0 Å². The van der Waals surface area contributed by atoms with E-state index in [1.54, 1.807) is 0 Å². The van der Waals surface area contributed by atoms with Crippen LogP contribution in [0.4, 0.5) is 5.69 Å². The van der Waals surface area contributed by atoms with Crippen molar-refractivity contribution in [3.63, 3.8) is 0 Å². The number of carbonyl (C=O) groups is 1. The number of nitrogens with zero attached hydrogens (tertiary/aromatic N) is 1. The van der Waals surface area contributed by atoms with E-state index in [1.807, 2.05) is 35.2 Å². The van der Waals surface area contributed by atoms with Crippen LogP contribution in [0.25, 0.3) is 0 Å². The van der Waals surface area contributed by atoms with Gasteiger partial charge in [-0.15, -0.1) is 0 Å². The van der Waals surface area contributed by atoms with Crippen molar-refractivity contribution in [2.45, 2.75) is 40.0 Å². The van der Waals surface area contributed by atoms with Crippen molar-refractivity contribution in [1.82, 2.24) is 0 Å². The number of sulfone groups is 1. The van der Waals surface area contributed by atoms with Crippen LogP contribution in [0.5, 0.6) is 0 Å². The van der Waals surface area contributed by atoms with Crippen molar-refractivity contribution in [3.8, 4) is 0 Å². The Morgan fingerprint density at radius 2 is 1.75 bits per heavy atom. The maximum absolute atomic E-state index is 13.2. The van der Waals surface area contributed by atoms with Crippen LogP contribution >= 0.6 is 0 Å². The van der Waals surface area contributed by atoms with Crippen molar-refractivity contribution in [1.29, 1.82) is 0 Å². The molecular formula is C19H27NO3S. The van der Waals surface area contributed by atoms with E-state index < -0.39 is 9.84 Å². The van der Waals surface area contributed by atoms with E-state index in [2.05, 4.69) is 20.8 Å². The van der Waals surface area contributed by atoms with Gasteiger partial charge in [0, 0.05) is 18.2 Å². The van der Waals surface area contributed by atoms with E-state index in [0.29, 0.717) is 19.4 Å². The molecular weight excluding hydrogens is 322 g/mol. The molecule has 1 aromatic rings. The second kappa shape index (κ2) is 5.87. The van der Waals surface area contributed by atoms with E-state index in [-0.39, 0.29) is 34.2 Å². The molecule has 1 aromatic carbocycles. The smallest absolute Gasteiger partial charge is 0.230 e. The van der Waals surface area contributed by atoms with Gasteiger partial charge < -0.3 is 4.90 Å². The molecule has 2 fully saturated rings. The molecule has 1 saturated carbocycles. The van der Waals surface area contributed by atoms with Crippen LogP contribution in [0.2, 0.25) is 0 Å². The summed E-state index contributed by atoms with van der Waals surface area (Å²) in [6.45, 7) is 7.06. The lowest BCUT2D eigenvalue weighted by atomic mass is 9.93. The highest BCUT2D eigenvalue weighted by molar-refractivity contribution is 7.91.